The maximum absolute atomic E-state index is 13.2. The Morgan fingerprint density at radius 1 is 1.16 bits per heavy atom. The Balaban J connectivity index is 1.62. The zero-order valence-corrected chi connectivity index (χ0v) is 14.9. The Morgan fingerprint density at radius 2 is 1.88 bits per heavy atom. The molecule has 4 rings (SSSR count). The van der Waals surface area contributed by atoms with Gasteiger partial charge in [0.15, 0.2) is 0 Å². The Morgan fingerprint density at radius 3 is 2.56 bits per heavy atom. The summed E-state index contributed by atoms with van der Waals surface area (Å²) in [5.74, 6) is 1.06. The normalized spacial score (nSPS) is 20.0. The first-order valence-corrected chi connectivity index (χ1v) is 9.48. The lowest BCUT2D eigenvalue weighted by atomic mass is 10.1. The lowest BCUT2D eigenvalue weighted by molar-refractivity contribution is 0.0761. The molecule has 0 spiro atoms. The Hall–Kier alpha value is -2.30. The van der Waals surface area contributed by atoms with Crippen LogP contribution in [0.25, 0.3) is 0 Å². The molecule has 0 aliphatic carbocycles. The van der Waals surface area contributed by atoms with Crippen molar-refractivity contribution in [3.8, 4) is 0 Å². The fourth-order valence-electron chi connectivity index (χ4n) is 3.95. The summed E-state index contributed by atoms with van der Waals surface area (Å²) in [5.41, 5.74) is 2.95. The van der Waals surface area contributed by atoms with E-state index >= 15 is 0 Å². The second-order valence-electron chi connectivity index (χ2n) is 7.02. The molecule has 2 aromatic rings. The summed E-state index contributed by atoms with van der Waals surface area (Å²) in [7, 11) is 0. The maximum atomic E-state index is 13.2. The van der Waals surface area contributed by atoms with Crippen LogP contribution in [0.15, 0.2) is 30.3 Å². The van der Waals surface area contributed by atoms with Gasteiger partial charge in [0.1, 0.15) is 11.4 Å². The largest absolute Gasteiger partial charge is 0.361 e. The highest BCUT2D eigenvalue weighted by Gasteiger charge is 2.33. The molecule has 0 radical (unpaired) electrons. The number of amides is 1. The highest BCUT2D eigenvalue weighted by Crippen LogP contribution is 2.34. The molecule has 2 aliphatic rings. The molecule has 0 bridgehead atoms. The summed E-state index contributed by atoms with van der Waals surface area (Å²) in [4.78, 5) is 15.3. The van der Waals surface area contributed by atoms with Crippen molar-refractivity contribution in [2.24, 2.45) is 0 Å². The molecule has 1 fully saturated rings. The monoisotopic (exact) mass is 338 g/mol. The number of benzene rings is 1. The van der Waals surface area contributed by atoms with Crippen molar-refractivity contribution in [2.45, 2.75) is 51.6 Å². The molecule has 1 aromatic heterocycles. The summed E-state index contributed by atoms with van der Waals surface area (Å²) in [5, 5.41) is 8.29. The van der Waals surface area contributed by atoms with Gasteiger partial charge in [0.2, 0.25) is 0 Å². The Bertz CT molecular complexity index is 745. The van der Waals surface area contributed by atoms with Crippen LogP contribution >= 0.6 is 0 Å². The van der Waals surface area contributed by atoms with E-state index < -0.39 is 0 Å². The molecule has 132 valence electrons. The highest BCUT2D eigenvalue weighted by atomic mass is 16.2. The van der Waals surface area contributed by atoms with E-state index in [-0.39, 0.29) is 11.9 Å². The number of anilines is 1. The van der Waals surface area contributed by atoms with E-state index in [0.29, 0.717) is 0 Å². The molecule has 1 N–H and O–H groups in total. The standard InChI is InChI=1S/C20H26N4O/c1-2-16-18(20(25)23-12-8-3-4-9-13-23)19-21-17(14-24(19)22-16)15-10-6-5-7-11-15/h5-7,10-11,17,21H,2-4,8-9,12-14H2,1H3/t17-/m1/s1. The predicted molar refractivity (Wildman–Crippen MR) is 98.8 cm³/mol. The van der Waals surface area contributed by atoms with Crippen molar-refractivity contribution in [1.29, 1.82) is 0 Å². The minimum Gasteiger partial charge on any atom is -0.361 e. The van der Waals surface area contributed by atoms with Crippen molar-refractivity contribution in [2.75, 3.05) is 18.4 Å². The molecule has 5 heteroatoms. The van der Waals surface area contributed by atoms with Gasteiger partial charge in [-0.2, -0.15) is 5.10 Å². The van der Waals surface area contributed by atoms with Gasteiger partial charge in [-0.3, -0.25) is 4.79 Å². The van der Waals surface area contributed by atoms with E-state index in [2.05, 4.69) is 36.5 Å². The van der Waals surface area contributed by atoms with Crippen LogP contribution in [0.5, 0.6) is 0 Å². The molecule has 1 aromatic carbocycles. The van der Waals surface area contributed by atoms with Crippen LogP contribution in [-0.4, -0.2) is 33.7 Å². The van der Waals surface area contributed by atoms with E-state index in [4.69, 9.17) is 5.10 Å². The minimum absolute atomic E-state index is 0.154. The zero-order chi connectivity index (χ0) is 17.2. The smallest absolute Gasteiger partial charge is 0.259 e. The van der Waals surface area contributed by atoms with Crippen LogP contribution in [0, 0.1) is 0 Å². The lowest BCUT2D eigenvalue weighted by Gasteiger charge is -2.21. The maximum Gasteiger partial charge on any atom is 0.259 e. The number of carbonyl (C=O) groups is 1. The number of nitrogens with zero attached hydrogens (tertiary/aromatic N) is 3. The lowest BCUT2D eigenvalue weighted by Crippen LogP contribution is -2.32. The zero-order valence-electron chi connectivity index (χ0n) is 14.9. The molecule has 1 amide bonds. The first-order chi connectivity index (χ1) is 12.3. The molecular weight excluding hydrogens is 312 g/mol. The van der Waals surface area contributed by atoms with Gasteiger partial charge >= 0.3 is 0 Å². The number of fused-ring (bicyclic) bond motifs is 1. The average molecular weight is 338 g/mol. The van der Waals surface area contributed by atoms with Gasteiger partial charge in [-0.15, -0.1) is 0 Å². The summed E-state index contributed by atoms with van der Waals surface area (Å²) >= 11 is 0. The van der Waals surface area contributed by atoms with Gasteiger partial charge in [-0.25, -0.2) is 4.68 Å². The Labute approximate surface area is 149 Å². The topological polar surface area (TPSA) is 50.2 Å². The molecule has 0 unspecified atom stereocenters. The van der Waals surface area contributed by atoms with Crippen molar-refractivity contribution >= 4 is 11.7 Å². The van der Waals surface area contributed by atoms with Gasteiger partial charge in [-0.1, -0.05) is 50.1 Å². The third-order valence-corrected chi connectivity index (χ3v) is 5.34. The van der Waals surface area contributed by atoms with Crippen molar-refractivity contribution in [1.82, 2.24) is 14.7 Å². The third kappa shape index (κ3) is 3.03. The van der Waals surface area contributed by atoms with Gasteiger partial charge in [0, 0.05) is 13.1 Å². The molecule has 1 atom stereocenters. The fourth-order valence-corrected chi connectivity index (χ4v) is 3.95. The summed E-state index contributed by atoms with van der Waals surface area (Å²) in [6, 6.07) is 10.6. The van der Waals surface area contributed by atoms with Crippen molar-refractivity contribution < 1.29 is 4.79 Å². The second kappa shape index (κ2) is 6.90. The van der Waals surface area contributed by atoms with Crippen LogP contribution in [0.1, 0.15) is 60.3 Å². The highest BCUT2D eigenvalue weighted by molar-refractivity contribution is 6.00. The third-order valence-electron chi connectivity index (χ3n) is 5.34. The number of aromatic nitrogens is 2. The number of rotatable bonds is 3. The number of likely N-dealkylation sites (tertiary alicyclic amines) is 1. The van der Waals surface area contributed by atoms with Crippen LogP contribution < -0.4 is 5.32 Å². The van der Waals surface area contributed by atoms with Crippen LogP contribution in [0.2, 0.25) is 0 Å². The molecule has 3 heterocycles. The second-order valence-corrected chi connectivity index (χ2v) is 7.02. The van der Waals surface area contributed by atoms with Gasteiger partial charge in [0.25, 0.3) is 5.91 Å². The van der Waals surface area contributed by atoms with E-state index in [1.54, 1.807) is 0 Å². The van der Waals surface area contributed by atoms with Crippen molar-refractivity contribution in [3.05, 3.63) is 47.2 Å². The van der Waals surface area contributed by atoms with E-state index in [1.807, 2.05) is 15.6 Å². The minimum atomic E-state index is 0.154. The van der Waals surface area contributed by atoms with E-state index in [9.17, 15) is 4.79 Å². The SMILES string of the molecule is CCc1nn2c(c1C(=O)N1CCCCCC1)N[C@@H](c1ccccc1)C2. The summed E-state index contributed by atoms with van der Waals surface area (Å²) in [6.07, 6.45) is 5.45. The molecule has 25 heavy (non-hydrogen) atoms. The molecule has 2 aliphatic heterocycles. The average Bonchev–Trinajstić information content (AvgIpc) is 3.07. The number of nitrogens with one attached hydrogen (secondary N) is 1. The number of aryl methyl sites for hydroxylation is 1. The van der Waals surface area contributed by atoms with Crippen molar-refractivity contribution in [3.63, 3.8) is 0 Å². The van der Waals surface area contributed by atoms with Crippen LogP contribution in [0.3, 0.4) is 0 Å². The predicted octanol–water partition coefficient (Wildman–Crippen LogP) is 3.63. The number of carbonyl (C=O) groups excluding carboxylic acids is 1. The summed E-state index contributed by atoms with van der Waals surface area (Å²) < 4.78 is 1.99. The number of hydrogen-bond acceptors (Lipinski definition) is 3. The molecular formula is C20H26N4O. The first kappa shape index (κ1) is 16.2. The van der Waals surface area contributed by atoms with Gasteiger partial charge in [0.05, 0.1) is 18.3 Å². The number of hydrogen-bond donors (Lipinski definition) is 1. The fraction of sp³-hybridized carbons (Fsp3) is 0.500. The Kier molecular flexibility index (Phi) is 4.47. The molecule has 0 saturated carbocycles. The summed E-state index contributed by atoms with van der Waals surface area (Å²) in [6.45, 7) is 4.59. The molecule has 1 saturated heterocycles. The van der Waals surface area contributed by atoms with Gasteiger partial charge in [-0.05, 0) is 24.8 Å². The quantitative estimate of drug-likeness (QED) is 0.930. The van der Waals surface area contributed by atoms with Gasteiger partial charge < -0.3 is 10.2 Å². The van der Waals surface area contributed by atoms with E-state index in [1.165, 1.54) is 18.4 Å². The first-order valence-electron chi connectivity index (χ1n) is 9.48. The van der Waals surface area contributed by atoms with E-state index in [0.717, 1.165) is 56.0 Å². The molecule has 5 nitrogen and oxygen atoms in total. The van der Waals surface area contributed by atoms with Crippen LogP contribution in [-0.2, 0) is 13.0 Å². The van der Waals surface area contributed by atoms with Crippen LogP contribution in [0.4, 0.5) is 5.82 Å².